The number of nitrogens with two attached hydrogens (primary N) is 1. The predicted molar refractivity (Wildman–Crippen MR) is 64.1 cm³/mol. The topological polar surface area (TPSA) is 83.6 Å². The highest BCUT2D eigenvalue weighted by atomic mass is 16.2. The summed E-state index contributed by atoms with van der Waals surface area (Å²) in [6, 6.07) is 6.87. The van der Waals surface area contributed by atoms with Crippen molar-refractivity contribution in [2.45, 2.75) is 6.92 Å². The number of aromatic amines is 1. The molecular weight excluding hydrogens is 216 g/mol. The van der Waals surface area contributed by atoms with Crippen LogP contribution < -0.4 is 16.4 Å². The maximum atomic E-state index is 10.7. The van der Waals surface area contributed by atoms with E-state index in [4.69, 9.17) is 5.73 Å². The highest BCUT2D eigenvalue weighted by Crippen LogP contribution is 2.03. The second-order valence-corrected chi connectivity index (χ2v) is 3.59. The first-order valence-corrected chi connectivity index (χ1v) is 5.12. The Morgan fingerprint density at radius 1 is 1.12 bits per heavy atom. The number of nitrogens with zero attached hydrogens (tertiary/aromatic N) is 2. The third kappa shape index (κ3) is 2.57. The van der Waals surface area contributed by atoms with E-state index in [0.717, 1.165) is 5.56 Å². The summed E-state index contributed by atoms with van der Waals surface area (Å²) in [4.78, 5) is 21.0. The van der Waals surface area contributed by atoms with Crippen molar-refractivity contribution in [1.29, 1.82) is 0 Å². The van der Waals surface area contributed by atoms with Gasteiger partial charge in [-0.15, -0.1) is 0 Å². The standard InChI is InChI=1S/C8H7N3O.C4H5N/c1-4-2-6-7(3-5(4)9)11-8(12)10-6;1-2-4-5-3-1/h2-3H,9H2,1H3;1-5H. The zero-order valence-corrected chi connectivity index (χ0v) is 9.34. The Bertz CT molecular complexity index is 584. The Kier molecular flexibility index (Phi) is 3.00. The monoisotopic (exact) mass is 228 g/mol. The molecule has 3 N–H and O–H groups in total. The summed E-state index contributed by atoms with van der Waals surface area (Å²) >= 11 is 0. The van der Waals surface area contributed by atoms with Crippen LogP contribution in [0.2, 0.25) is 0 Å². The highest BCUT2D eigenvalue weighted by molar-refractivity contribution is 5.77. The van der Waals surface area contributed by atoms with Gasteiger partial charge in [0.15, 0.2) is 0 Å². The normalized spacial score (nSPS) is 11.9. The first kappa shape index (κ1) is 11.1. The molecular formula is C12H12N4O. The molecule has 1 aliphatic heterocycles. The molecule has 0 bridgehead atoms. The Labute approximate surface area is 97.7 Å². The van der Waals surface area contributed by atoms with E-state index in [1.807, 2.05) is 31.5 Å². The van der Waals surface area contributed by atoms with Crippen LogP contribution in [-0.2, 0) is 0 Å². The number of nitrogens with one attached hydrogen (secondary N) is 1. The van der Waals surface area contributed by atoms with Gasteiger partial charge in [0.25, 0.3) is 0 Å². The number of hydrogen-bond acceptors (Lipinski definition) is 2. The van der Waals surface area contributed by atoms with Crippen LogP contribution in [0.4, 0.5) is 10.5 Å². The van der Waals surface area contributed by atoms with Crippen molar-refractivity contribution in [3.05, 3.63) is 52.9 Å². The number of nitrogen functional groups attached to an aromatic ring is 1. The van der Waals surface area contributed by atoms with E-state index in [2.05, 4.69) is 15.0 Å². The van der Waals surface area contributed by atoms with Crippen molar-refractivity contribution in [2.24, 2.45) is 9.98 Å². The maximum Gasteiger partial charge on any atom is 0.368 e. The fourth-order valence-electron chi connectivity index (χ4n) is 1.39. The van der Waals surface area contributed by atoms with Gasteiger partial charge in [-0.3, -0.25) is 0 Å². The molecule has 2 amide bonds. The zero-order valence-electron chi connectivity index (χ0n) is 9.34. The van der Waals surface area contributed by atoms with Crippen LogP contribution in [0.1, 0.15) is 5.56 Å². The molecule has 0 saturated heterocycles. The van der Waals surface area contributed by atoms with Crippen LogP contribution in [0.15, 0.2) is 46.6 Å². The van der Waals surface area contributed by atoms with Gasteiger partial charge < -0.3 is 10.7 Å². The molecule has 0 atom stereocenters. The number of benzene rings is 1. The number of rotatable bonds is 0. The molecule has 0 aliphatic carbocycles. The minimum Gasteiger partial charge on any atom is -0.398 e. The van der Waals surface area contributed by atoms with Gasteiger partial charge in [-0.2, -0.15) is 9.98 Å². The summed E-state index contributed by atoms with van der Waals surface area (Å²) in [6.07, 6.45) is 3.75. The van der Waals surface area contributed by atoms with Crippen LogP contribution in [0.3, 0.4) is 0 Å². The fraction of sp³-hybridized carbons (Fsp3) is 0.0833. The van der Waals surface area contributed by atoms with E-state index in [0.29, 0.717) is 16.4 Å². The number of amides is 2. The molecule has 0 unspecified atom stereocenters. The summed E-state index contributed by atoms with van der Waals surface area (Å²) in [5, 5.41) is 1.19. The van der Waals surface area contributed by atoms with Gasteiger partial charge >= 0.3 is 6.03 Å². The van der Waals surface area contributed by atoms with Gasteiger partial charge in [-0.1, -0.05) is 0 Å². The van der Waals surface area contributed by atoms with Crippen molar-refractivity contribution >= 4 is 11.7 Å². The summed E-state index contributed by atoms with van der Waals surface area (Å²) in [5.74, 6) is 0. The number of carbonyl (C=O) groups excluding carboxylic acids is 1. The lowest BCUT2D eigenvalue weighted by atomic mass is 10.2. The Balaban J connectivity index is 0.000000181. The Morgan fingerprint density at radius 2 is 1.71 bits per heavy atom. The molecule has 1 aromatic heterocycles. The molecule has 0 fully saturated rings. The molecule has 3 rings (SSSR count). The van der Waals surface area contributed by atoms with Crippen LogP contribution in [-0.4, -0.2) is 11.0 Å². The third-order valence-corrected chi connectivity index (χ3v) is 2.29. The minimum atomic E-state index is -0.449. The molecule has 1 aliphatic rings. The fourth-order valence-corrected chi connectivity index (χ4v) is 1.39. The van der Waals surface area contributed by atoms with Gasteiger partial charge in [0, 0.05) is 18.1 Å². The molecule has 2 heterocycles. The first-order chi connectivity index (χ1) is 8.16. The van der Waals surface area contributed by atoms with E-state index in [-0.39, 0.29) is 0 Å². The van der Waals surface area contributed by atoms with Gasteiger partial charge in [-0.25, -0.2) is 4.79 Å². The molecule has 0 radical (unpaired) electrons. The smallest absolute Gasteiger partial charge is 0.368 e. The molecule has 0 spiro atoms. The quantitative estimate of drug-likeness (QED) is 0.658. The van der Waals surface area contributed by atoms with Crippen molar-refractivity contribution in [3.8, 4) is 0 Å². The summed E-state index contributed by atoms with van der Waals surface area (Å²) in [7, 11) is 0. The SMILES string of the molecule is Cc1cc2c(cc1N)=NC(=O)N=2.c1cc[nH]c1. The number of fused-ring (bicyclic) bond motifs is 1. The van der Waals surface area contributed by atoms with E-state index >= 15 is 0 Å². The number of anilines is 1. The summed E-state index contributed by atoms with van der Waals surface area (Å²) < 4.78 is 0. The number of carbonyl (C=O) groups is 1. The largest absolute Gasteiger partial charge is 0.398 e. The van der Waals surface area contributed by atoms with Crippen molar-refractivity contribution < 1.29 is 4.79 Å². The van der Waals surface area contributed by atoms with E-state index in [1.54, 1.807) is 12.1 Å². The number of urea groups is 1. The van der Waals surface area contributed by atoms with E-state index in [1.165, 1.54) is 0 Å². The predicted octanol–water partition coefficient (Wildman–Crippen LogP) is 0.965. The second-order valence-electron chi connectivity index (χ2n) is 3.59. The maximum absolute atomic E-state index is 10.7. The van der Waals surface area contributed by atoms with E-state index in [9.17, 15) is 4.79 Å². The molecule has 86 valence electrons. The van der Waals surface area contributed by atoms with Crippen LogP contribution in [0, 0.1) is 6.92 Å². The average Bonchev–Trinajstić information content (AvgIpc) is 2.91. The average molecular weight is 228 g/mol. The number of H-pyrrole nitrogens is 1. The van der Waals surface area contributed by atoms with E-state index < -0.39 is 6.03 Å². The van der Waals surface area contributed by atoms with Crippen LogP contribution in [0.5, 0.6) is 0 Å². The highest BCUT2D eigenvalue weighted by Gasteiger charge is 2.05. The lowest BCUT2D eigenvalue weighted by Gasteiger charge is -1.94. The van der Waals surface area contributed by atoms with Gasteiger partial charge in [0.05, 0.1) is 10.7 Å². The number of aromatic nitrogens is 1. The summed E-state index contributed by atoms with van der Waals surface area (Å²) in [6.45, 7) is 1.87. The van der Waals surface area contributed by atoms with Crippen LogP contribution in [0.25, 0.3) is 0 Å². The molecule has 5 nitrogen and oxygen atoms in total. The van der Waals surface area contributed by atoms with Crippen LogP contribution >= 0.6 is 0 Å². The molecule has 5 heteroatoms. The van der Waals surface area contributed by atoms with Crippen molar-refractivity contribution in [2.75, 3.05) is 5.73 Å². The molecule has 0 saturated carbocycles. The molecule has 2 aromatic rings. The van der Waals surface area contributed by atoms with Crippen molar-refractivity contribution in [1.82, 2.24) is 4.98 Å². The van der Waals surface area contributed by atoms with Gasteiger partial charge in [0.1, 0.15) is 0 Å². The van der Waals surface area contributed by atoms with Gasteiger partial charge in [0.2, 0.25) is 0 Å². The zero-order chi connectivity index (χ0) is 12.3. The lowest BCUT2D eigenvalue weighted by Crippen LogP contribution is -2.22. The van der Waals surface area contributed by atoms with Gasteiger partial charge in [-0.05, 0) is 36.8 Å². The molecule has 1 aromatic carbocycles. The minimum absolute atomic E-state index is 0.449. The third-order valence-electron chi connectivity index (χ3n) is 2.29. The Hall–Kier alpha value is -2.43. The number of hydrogen-bond donors (Lipinski definition) is 2. The Morgan fingerprint density at radius 3 is 2.24 bits per heavy atom. The first-order valence-electron chi connectivity index (χ1n) is 5.12. The molecule has 17 heavy (non-hydrogen) atoms. The summed E-state index contributed by atoms with van der Waals surface area (Å²) in [5.41, 5.74) is 7.19. The second kappa shape index (κ2) is 4.61. The van der Waals surface area contributed by atoms with Crippen molar-refractivity contribution in [3.63, 3.8) is 0 Å². The number of aryl methyl sites for hydroxylation is 1. The lowest BCUT2D eigenvalue weighted by molar-refractivity contribution is 0.256.